The number of hydrogen-bond acceptors (Lipinski definition) is 2. The summed E-state index contributed by atoms with van der Waals surface area (Å²) in [5.74, 6) is 0. The summed E-state index contributed by atoms with van der Waals surface area (Å²) in [6.45, 7) is 0. The topological polar surface area (TPSA) is 26.3 Å². The monoisotopic (exact) mass is 610 g/mol. The Hall–Kier alpha value is -3.04. The van der Waals surface area contributed by atoms with E-state index in [2.05, 4.69) is 109 Å². The standard InChI is InChI=1S/2C16H13OP.Pd/c2*1-3-8-14(9-4-1)18(16-12-7-13-17-16)15-10-5-2-6-11-15;/h2*1-13H;. The molecule has 0 saturated carbocycles. The summed E-state index contributed by atoms with van der Waals surface area (Å²) < 4.78 is 11.3. The molecule has 2 aromatic heterocycles. The average molecular weight is 611 g/mol. The Morgan fingerprint density at radius 1 is 0.324 bits per heavy atom. The van der Waals surface area contributed by atoms with E-state index < -0.39 is 15.8 Å². The van der Waals surface area contributed by atoms with Gasteiger partial charge >= 0.3 is 0 Å². The van der Waals surface area contributed by atoms with Crippen molar-refractivity contribution >= 4 is 48.1 Å². The second kappa shape index (κ2) is 14.0. The zero-order chi connectivity index (χ0) is 24.4. The SMILES string of the molecule is [Pd].c1ccc(P(c2ccccc2)c2ccco2)cc1.c1ccc(P(c2ccccc2)c2ccco2)cc1. The first kappa shape index (κ1) is 27.0. The summed E-state index contributed by atoms with van der Waals surface area (Å²) in [6.07, 6.45) is 3.49. The molecule has 37 heavy (non-hydrogen) atoms. The first-order chi connectivity index (χ1) is 17.9. The Morgan fingerprint density at radius 2 is 0.595 bits per heavy atom. The van der Waals surface area contributed by atoms with E-state index in [1.807, 2.05) is 36.4 Å². The quantitative estimate of drug-likeness (QED) is 0.169. The molecule has 0 N–H and O–H groups in total. The fraction of sp³-hybridized carbons (Fsp3) is 0. The van der Waals surface area contributed by atoms with Crippen LogP contribution in [0.25, 0.3) is 0 Å². The van der Waals surface area contributed by atoms with Crippen molar-refractivity contribution in [1.29, 1.82) is 0 Å². The minimum absolute atomic E-state index is 0. The maximum atomic E-state index is 5.63. The third-order valence-electron chi connectivity index (χ3n) is 5.51. The van der Waals surface area contributed by atoms with E-state index in [9.17, 15) is 0 Å². The van der Waals surface area contributed by atoms with Crippen molar-refractivity contribution in [2.24, 2.45) is 0 Å². The number of furan rings is 2. The Balaban J connectivity index is 0.000000168. The van der Waals surface area contributed by atoms with Gasteiger partial charge in [0.2, 0.25) is 0 Å². The molecule has 0 radical (unpaired) electrons. The Kier molecular flexibility index (Phi) is 10.3. The van der Waals surface area contributed by atoms with Gasteiger partial charge in [0.05, 0.1) is 12.5 Å². The van der Waals surface area contributed by atoms with Gasteiger partial charge in [-0.25, -0.2) is 0 Å². The molecule has 6 aromatic rings. The van der Waals surface area contributed by atoms with Crippen LogP contribution in [0.5, 0.6) is 0 Å². The van der Waals surface area contributed by atoms with Gasteiger partial charge in [-0.15, -0.1) is 0 Å². The smallest absolute Gasteiger partial charge is 0.134 e. The van der Waals surface area contributed by atoms with Crippen molar-refractivity contribution in [2.45, 2.75) is 0 Å². The fourth-order valence-corrected chi connectivity index (χ4v) is 8.21. The van der Waals surface area contributed by atoms with Crippen molar-refractivity contribution in [3.63, 3.8) is 0 Å². The Labute approximate surface area is 234 Å². The molecule has 186 valence electrons. The van der Waals surface area contributed by atoms with Crippen LogP contribution in [-0.4, -0.2) is 0 Å². The van der Waals surface area contributed by atoms with Crippen LogP contribution in [0, 0.1) is 0 Å². The Bertz CT molecular complexity index is 1220. The van der Waals surface area contributed by atoms with E-state index in [0.717, 1.165) is 11.0 Å². The summed E-state index contributed by atoms with van der Waals surface area (Å²) in [5, 5.41) is 5.25. The third kappa shape index (κ3) is 7.05. The molecule has 0 atom stereocenters. The zero-order valence-electron chi connectivity index (χ0n) is 20.0. The van der Waals surface area contributed by atoms with E-state index in [0.29, 0.717) is 0 Å². The summed E-state index contributed by atoms with van der Waals surface area (Å²) in [6, 6.07) is 50.2. The van der Waals surface area contributed by atoms with Crippen molar-refractivity contribution in [3.8, 4) is 0 Å². The minimum Gasteiger partial charge on any atom is -0.464 e. The molecule has 2 heterocycles. The van der Waals surface area contributed by atoms with Crippen LogP contribution in [0.2, 0.25) is 0 Å². The Morgan fingerprint density at radius 3 is 0.811 bits per heavy atom. The molecule has 0 saturated heterocycles. The summed E-state index contributed by atoms with van der Waals surface area (Å²) >= 11 is 0. The van der Waals surface area contributed by atoms with E-state index in [1.165, 1.54) is 21.2 Å². The van der Waals surface area contributed by atoms with Gasteiger partial charge in [-0.2, -0.15) is 0 Å². The minimum atomic E-state index is -0.576. The predicted molar refractivity (Wildman–Crippen MR) is 155 cm³/mol. The van der Waals surface area contributed by atoms with Gasteiger partial charge in [0, 0.05) is 36.3 Å². The van der Waals surface area contributed by atoms with Crippen molar-refractivity contribution in [1.82, 2.24) is 0 Å². The second-order valence-corrected chi connectivity index (χ2v) is 12.2. The maximum Gasteiger partial charge on any atom is 0.134 e. The van der Waals surface area contributed by atoms with E-state index in [4.69, 9.17) is 8.83 Å². The predicted octanol–water partition coefficient (Wildman–Crippen LogP) is 6.07. The number of benzene rings is 4. The first-order valence-corrected chi connectivity index (χ1v) is 14.5. The molecule has 0 fully saturated rings. The van der Waals surface area contributed by atoms with Gasteiger partial charge in [-0.3, -0.25) is 0 Å². The number of hydrogen-bond donors (Lipinski definition) is 0. The van der Waals surface area contributed by atoms with Crippen LogP contribution < -0.4 is 32.2 Å². The van der Waals surface area contributed by atoms with Crippen LogP contribution in [0.1, 0.15) is 0 Å². The molecule has 0 spiro atoms. The maximum absolute atomic E-state index is 5.63. The molecule has 0 amide bonds. The molecule has 0 aliphatic rings. The van der Waals surface area contributed by atoms with Gasteiger partial charge in [0.15, 0.2) is 0 Å². The molecule has 2 nitrogen and oxygen atoms in total. The van der Waals surface area contributed by atoms with Gasteiger partial charge in [0.25, 0.3) is 0 Å². The molecule has 4 aromatic carbocycles. The average Bonchev–Trinajstić information content (AvgIpc) is 3.68. The summed E-state index contributed by atoms with van der Waals surface area (Å²) in [5.41, 5.74) is 2.09. The molecular formula is C32H26O2P2Pd. The summed E-state index contributed by atoms with van der Waals surface area (Å²) in [7, 11) is -1.15. The molecular weight excluding hydrogens is 585 g/mol. The van der Waals surface area contributed by atoms with Gasteiger partial charge < -0.3 is 8.83 Å². The fourth-order valence-electron chi connectivity index (χ4n) is 3.91. The molecule has 6 rings (SSSR count). The van der Waals surface area contributed by atoms with Crippen LogP contribution in [0.15, 0.2) is 167 Å². The van der Waals surface area contributed by atoms with Crippen LogP contribution in [0.3, 0.4) is 0 Å². The molecule has 0 bridgehead atoms. The molecule has 0 unspecified atom stereocenters. The molecule has 5 heteroatoms. The first-order valence-electron chi connectivity index (χ1n) is 11.8. The summed E-state index contributed by atoms with van der Waals surface area (Å²) in [4.78, 5) is 0. The zero-order valence-corrected chi connectivity index (χ0v) is 23.4. The largest absolute Gasteiger partial charge is 0.464 e. The third-order valence-corrected chi connectivity index (χ3v) is 10.2. The van der Waals surface area contributed by atoms with Crippen LogP contribution in [0.4, 0.5) is 0 Å². The van der Waals surface area contributed by atoms with Crippen molar-refractivity contribution in [3.05, 3.63) is 158 Å². The molecule has 0 aliphatic carbocycles. The van der Waals surface area contributed by atoms with Gasteiger partial charge in [-0.05, 0) is 45.5 Å². The van der Waals surface area contributed by atoms with Crippen LogP contribution in [-0.2, 0) is 20.4 Å². The van der Waals surface area contributed by atoms with Crippen molar-refractivity contribution in [2.75, 3.05) is 0 Å². The van der Waals surface area contributed by atoms with Crippen LogP contribution >= 0.6 is 15.8 Å². The number of rotatable bonds is 6. The van der Waals surface area contributed by atoms with Gasteiger partial charge in [-0.1, -0.05) is 121 Å². The van der Waals surface area contributed by atoms with Gasteiger partial charge in [0.1, 0.15) is 11.0 Å². The van der Waals surface area contributed by atoms with Crippen molar-refractivity contribution < 1.29 is 29.3 Å². The normalized spacial score (nSPS) is 10.4. The van der Waals surface area contributed by atoms with E-state index >= 15 is 0 Å². The van der Waals surface area contributed by atoms with E-state index in [1.54, 1.807) is 12.5 Å². The van der Waals surface area contributed by atoms with E-state index in [-0.39, 0.29) is 20.4 Å². The second-order valence-electron chi connectivity index (χ2n) is 7.92. The molecule has 0 aliphatic heterocycles.